The van der Waals surface area contributed by atoms with Gasteiger partial charge >= 0.3 is 6.18 Å². The number of carbonyl (C=O) groups excluding carboxylic acids is 1. The minimum Gasteiger partial charge on any atom is -0.378 e. The number of alkyl halides is 3. The van der Waals surface area contributed by atoms with Crippen molar-refractivity contribution in [2.45, 2.75) is 32.6 Å². The van der Waals surface area contributed by atoms with Crippen molar-refractivity contribution in [2.75, 3.05) is 43.6 Å². The fourth-order valence-electron chi connectivity index (χ4n) is 3.26. The quantitative estimate of drug-likeness (QED) is 0.723. The topological polar surface area (TPSA) is 44.8 Å². The molecule has 1 aliphatic rings. The summed E-state index contributed by atoms with van der Waals surface area (Å²) >= 11 is 1.62. The highest BCUT2D eigenvalue weighted by Crippen LogP contribution is 2.36. The van der Waals surface area contributed by atoms with Gasteiger partial charge in [0, 0.05) is 24.5 Å². The van der Waals surface area contributed by atoms with E-state index in [0.29, 0.717) is 38.5 Å². The van der Waals surface area contributed by atoms with E-state index in [4.69, 9.17) is 4.74 Å². The summed E-state index contributed by atoms with van der Waals surface area (Å²) in [5.74, 6) is -0.347. The molecule has 1 N–H and O–H groups in total. The minimum atomic E-state index is -4.48. The Labute approximate surface area is 178 Å². The van der Waals surface area contributed by atoms with Crippen LogP contribution in [0.25, 0.3) is 0 Å². The first-order valence-corrected chi connectivity index (χ1v) is 10.6. The van der Waals surface area contributed by atoms with Gasteiger partial charge in [-0.1, -0.05) is 0 Å². The molecule has 0 radical (unpaired) electrons. The van der Waals surface area contributed by atoms with Crippen LogP contribution >= 0.6 is 11.3 Å². The molecule has 1 amide bonds. The molecule has 164 valence electrons. The standard InChI is InChI=1S/C21H26F3N3O2S/c1-14-6-11-30-19(14)13-26(3)15(2)20(28)25-17-12-16(21(22,23)24)4-5-18(17)27-7-9-29-10-8-27/h4-6,11-12,15H,7-10,13H2,1-3H3,(H,25,28)/t15-/m0/s1. The van der Waals surface area contributed by atoms with Gasteiger partial charge < -0.3 is 15.0 Å². The van der Waals surface area contributed by atoms with Crippen LogP contribution in [0.2, 0.25) is 0 Å². The smallest absolute Gasteiger partial charge is 0.378 e. The third kappa shape index (κ3) is 5.33. The summed E-state index contributed by atoms with van der Waals surface area (Å²) in [5.41, 5.74) is 1.12. The second-order valence-corrected chi connectivity index (χ2v) is 8.44. The van der Waals surface area contributed by atoms with E-state index in [1.807, 2.05) is 35.2 Å². The molecule has 9 heteroatoms. The summed E-state index contributed by atoms with van der Waals surface area (Å²) in [6.45, 7) is 6.46. The first-order valence-electron chi connectivity index (χ1n) is 9.75. The van der Waals surface area contributed by atoms with E-state index in [0.717, 1.165) is 22.6 Å². The highest BCUT2D eigenvalue weighted by molar-refractivity contribution is 7.10. The molecule has 0 saturated carbocycles. The Morgan fingerprint density at radius 2 is 2.00 bits per heavy atom. The zero-order valence-corrected chi connectivity index (χ0v) is 18.1. The molecule has 1 saturated heterocycles. The second-order valence-electron chi connectivity index (χ2n) is 7.44. The maximum absolute atomic E-state index is 13.3. The summed E-state index contributed by atoms with van der Waals surface area (Å²) < 4.78 is 45.1. The van der Waals surface area contributed by atoms with Gasteiger partial charge in [0.15, 0.2) is 0 Å². The molecule has 5 nitrogen and oxygen atoms in total. The number of hydrogen-bond acceptors (Lipinski definition) is 5. The summed E-state index contributed by atoms with van der Waals surface area (Å²) in [6.07, 6.45) is -4.48. The number of hydrogen-bond donors (Lipinski definition) is 1. The fraction of sp³-hybridized carbons (Fsp3) is 0.476. The van der Waals surface area contributed by atoms with Crippen molar-refractivity contribution >= 4 is 28.6 Å². The number of benzene rings is 1. The SMILES string of the molecule is Cc1ccsc1CN(C)[C@@H](C)C(=O)Nc1cc(C(F)(F)F)ccc1N1CCOCC1. The van der Waals surface area contributed by atoms with Crippen molar-refractivity contribution in [2.24, 2.45) is 0 Å². The van der Waals surface area contributed by atoms with Gasteiger partial charge in [0.25, 0.3) is 0 Å². The normalized spacial score (nSPS) is 16.0. The first kappa shape index (κ1) is 22.6. The lowest BCUT2D eigenvalue weighted by atomic mass is 10.1. The Morgan fingerprint density at radius 1 is 1.30 bits per heavy atom. The summed E-state index contributed by atoms with van der Waals surface area (Å²) in [4.78, 5) is 17.9. The van der Waals surface area contributed by atoms with Crippen LogP contribution < -0.4 is 10.2 Å². The fourth-order valence-corrected chi connectivity index (χ4v) is 4.23. The Morgan fingerprint density at radius 3 is 2.60 bits per heavy atom. The lowest BCUT2D eigenvalue weighted by Gasteiger charge is -2.31. The lowest BCUT2D eigenvalue weighted by molar-refractivity contribution is -0.137. The minimum absolute atomic E-state index is 0.171. The molecule has 1 fully saturated rings. The Balaban J connectivity index is 1.80. The third-order valence-electron chi connectivity index (χ3n) is 5.34. The predicted molar refractivity (Wildman–Crippen MR) is 113 cm³/mol. The number of carbonyl (C=O) groups is 1. The van der Waals surface area contributed by atoms with Crippen molar-refractivity contribution in [3.63, 3.8) is 0 Å². The molecule has 1 aromatic carbocycles. The van der Waals surface area contributed by atoms with Crippen LogP contribution in [0.3, 0.4) is 0 Å². The molecule has 0 bridgehead atoms. The molecule has 2 heterocycles. The number of ether oxygens (including phenoxy) is 1. The number of anilines is 2. The van der Waals surface area contributed by atoms with E-state index in [9.17, 15) is 18.0 Å². The molecular formula is C21H26F3N3O2S. The number of rotatable bonds is 6. The maximum Gasteiger partial charge on any atom is 0.416 e. The number of aryl methyl sites for hydroxylation is 1. The molecule has 1 aliphatic heterocycles. The van der Waals surface area contributed by atoms with E-state index in [-0.39, 0.29) is 11.6 Å². The molecule has 0 aliphatic carbocycles. The number of halogens is 3. The first-order chi connectivity index (χ1) is 14.2. The largest absolute Gasteiger partial charge is 0.416 e. The molecule has 0 spiro atoms. The summed E-state index contributed by atoms with van der Waals surface area (Å²) in [5, 5.41) is 4.74. The van der Waals surface area contributed by atoms with E-state index in [1.54, 1.807) is 18.3 Å². The highest BCUT2D eigenvalue weighted by Gasteiger charge is 2.32. The van der Waals surface area contributed by atoms with Gasteiger partial charge in [0.2, 0.25) is 5.91 Å². The third-order valence-corrected chi connectivity index (χ3v) is 6.34. The Hall–Kier alpha value is -2.10. The van der Waals surface area contributed by atoms with Crippen molar-refractivity contribution < 1.29 is 22.7 Å². The number of amides is 1. The van der Waals surface area contributed by atoms with Crippen LogP contribution in [-0.4, -0.2) is 50.2 Å². The number of likely N-dealkylation sites (N-methyl/N-ethyl adjacent to an activating group) is 1. The van der Waals surface area contributed by atoms with Gasteiger partial charge in [-0.25, -0.2) is 0 Å². The molecule has 30 heavy (non-hydrogen) atoms. The van der Waals surface area contributed by atoms with Gasteiger partial charge in [-0.2, -0.15) is 13.2 Å². The summed E-state index contributed by atoms with van der Waals surface area (Å²) in [7, 11) is 1.83. The van der Waals surface area contributed by atoms with Crippen molar-refractivity contribution in [3.05, 3.63) is 45.6 Å². The van der Waals surface area contributed by atoms with Crippen LogP contribution in [-0.2, 0) is 22.3 Å². The van der Waals surface area contributed by atoms with E-state index < -0.39 is 17.8 Å². The summed E-state index contributed by atoms with van der Waals surface area (Å²) in [6, 6.07) is 5.00. The van der Waals surface area contributed by atoms with Crippen LogP contribution in [0, 0.1) is 6.92 Å². The van der Waals surface area contributed by atoms with E-state index in [2.05, 4.69) is 5.32 Å². The Bertz CT molecular complexity index is 879. The Kier molecular flexibility index (Phi) is 7.05. The zero-order valence-electron chi connectivity index (χ0n) is 17.3. The van der Waals surface area contributed by atoms with Gasteiger partial charge in [0.05, 0.1) is 36.2 Å². The average Bonchev–Trinajstić information content (AvgIpc) is 3.11. The van der Waals surface area contributed by atoms with Gasteiger partial charge in [-0.15, -0.1) is 11.3 Å². The number of thiophene rings is 1. The number of nitrogens with one attached hydrogen (secondary N) is 1. The highest BCUT2D eigenvalue weighted by atomic mass is 32.1. The lowest BCUT2D eigenvalue weighted by Crippen LogP contribution is -2.40. The predicted octanol–water partition coefficient (Wildman–Crippen LogP) is 4.37. The van der Waals surface area contributed by atoms with Crippen molar-refractivity contribution in [1.29, 1.82) is 0 Å². The van der Waals surface area contributed by atoms with Crippen LogP contribution in [0.4, 0.5) is 24.5 Å². The van der Waals surface area contributed by atoms with Crippen molar-refractivity contribution in [1.82, 2.24) is 4.90 Å². The monoisotopic (exact) mass is 441 g/mol. The zero-order chi connectivity index (χ0) is 21.9. The van der Waals surface area contributed by atoms with Crippen LogP contribution in [0.15, 0.2) is 29.6 Å². The number of morpholine rings is 1. The van der Waals surface area contributed by atoms with Crippen molar-refractivity contribution in [3.8, 4) is 0 Å². The van der Waals surface area contributed by atoms with Gasteiger partial charge in [-0.3, -0.25) is 9.69 Å². The molecule has 1 aromatic heterocycles. The van der Waals surface area contributed by atoms with Crippen LogP contribution in [0.1, 0.15) is 22.9 Å². The maximum atomic E-state index is 13.3. The number of nitrogens with zero attached hydrogens (tertiary/aromatic N) is 2. The molecule has 2 aromatic rings. The van der Waals surface area contributed by atoms with E-state index >= 15 is 0 Å². The van der Waals surface area contributed by atoms with Crippen LogP contribution in [0.5, 0.6) is 0 Å². The molecule has 1 atom stereocenters. The van der Waals surface area contributed by atoms with Gasteiger partial charge in [-0.05, 0) is 56.1 Å². The molecule has 3 rings (SSSR count). The molecule has 0 unspecified atom stereocenters. The average molecular weight is 442 g/mol. The van der Waals surface area contributed by atoms with Gasteiger partial charge in [0.1, 0.15) is 0 Å². The second kappa shape index (κ2) is 9.36. The van der Waals surface area contributed by atoms with E-state index in [1.165, 1.54) is 6.07 Å². The molecular weight excluding hydrogens is 415 g/mol.